The third kappa shape index (κ3) is 3.00. The van der Waals surface area contributed by atoms with Gasteiger partial charge in [0.25, 0.3) is 0 Å². The number of hydrogen-bond donors (Lipinski definition) is 2. The van der Waals surface area contributed by atoms with Crippen LogP contribution in [0, 0.1) is 5.92 Å². The van der Waals surface area contributed by atoms with Crippen molar-refractivity contribution >= 4 is 10.0 Å². The van der Waals surface area contributed by atoms with E-state index in [1.807, 2.05) is 0 Å². The van der Waals surface area contributed by atoms with Gasteiger partial charge in [0, 0.05) is 18.7 Å². The molecule has 2 aliphatic rings. The lowest BCUT2D eigenvalue weighted by molar-refractivity contribution is 0.174. The fraction of sp³-hybridized carbons (Fsp3) is 0.571. The molecule has 0 radical (unpaired) electrons. The number of nitrogens with two attached hydrogens (primary N) is 1. The van der Waals surface area contributed by atoms with Crippen LogP contribution in [0.15, 0.2) is 23.1 Å². The van der Waals surface area contributed by atoms with E-state index in [1.165, 1.54) is 12.1 Å². The molecule has 1 fully saturated rings. The summed E-state index contributed by atoms with van der Waals surface area (Å²) in [5.74, 6) is 1.36. The zero-order valence-electron chi connectivity index (χ0n) is 11.7. The molecule has 3 N–H and O–H groups in total. The molecular formula is C14H20N2O4S. The van der Waals surface area contributed by atoms with E-state index < -0.39 is 10.0 Å². The molecule has 0 spiro atoms. The molecule has 1 aromatic rings. The molecule has 1 atom stereocenters. The van der Waals surface area contributed by atoms with Crippen molar-refractivity contribution in [2.24, 2.45) is 11.7 Å². The Morgan fingerprint density at radius 2 is 1.95 bits per heavy atom. The molecule has 116 valence electrons. The highest BCUT2D eigenvalue weighted by Gasteiger charge is 2.29. The summed E-state index contributed by atoms with van der Waals surface area (Å²) in [7, 11) is -3.60. The van der Waals surface area contributed by atoms with E-state index in [9.17, 15) is 8.42 Å². The minimum absolute atomic E-state index is 0.125. The monoisotopic (exact) mass is 312 g/mol. The number of nitrogens with one attached hydrogen (secondary N) is 1. The third-order valence-corrected chi connectivity index (χ3v) is 5.67. The van der Waals surface area contributed by atoms with Crippen LogP contribution in [-0.2, 0) is 10.0 Å². The second kappa shape index (κ2) is 5.82. The molecule has 0 amide bonds. The Hall–Kier alpha value is -1.31. The molecule has 21 heavy (non-hydrogen) atoms. The maximum atomic E-state index is 12.5. The lowest BCUT2D eigenvalue weighted by atomic mass is 9.99. The summed E-state index contributed by atoms with van der Waals surface area (Å²) in [5, 5.41) is 0. The minimum Gasteiger partial charge on any atom is -0.454 e. The number of rotatable bonds is 5. The molecule has 1 saturated carbocycles. The first-order chi connectivity index (χ1) is 10.1. The highest BCUT2D eigenvalue weighted by Crippen LogP contribution is 2.34. The van der Waals surface area contributed by atoms with Crippen molar-refractivity contribution < 1.29 is 17.9 Å². The Bertz CT molecular complexity index is 611. The summed E-state index contributed by atoms with van der Waals surface area (Å²) < 4.78 is 38.2. The maximum absolute atomic E-state index is 12.5. The molecule has 1 unspecified atom stereocenters. The van der Waals surface area contributed by atoms with Crippen LogP contribution < -0.4 is 19.9 Å². The summed E-state index contributed by atoms with van der Waals surface area (Å²) in [6.45, 7) is 0.439. The fourth-order valence-electron chi connectivity index (χ4n) is 3.01. The fourth-order valence-corrected chi connectivity index (χ4v) is 4.34. The summed E-state index contributed by atoms with van der Waals surface area (Å²) in [6, 6.07) is 4.43. The quantitative estimate of drug-likeness (QED) is 0.853. The normalized spacial score (nSPS) is 19.9. The lowest BCUT2D eigenvalue weighted by Crippen LogP contribution is -2.44. The highest BCUT2D eigenvalue weighted by molar-refractivity contribution is 7.89. The maximum Gasteiger partial charge on any atom is 0.241 e. The average Bonchev–Trinajstić information content (AvgIpc) is 3.14. The minimum atomic E-state index is -3.60. The molecule has 1 aliphatic carbocycles. The van der Waals surface area contributed by atoms with E-state index in [-0.39, 0.29) is 17.7 Å². The van der Waals surface area contributed by atoms with Crippen LogP contribution in [0.3, 0.4) is 0 Å². The van der Waals surface area contributed by atoms with Crippen molar-refractivity contribution in [3.05, 3.63) is 18.2 Å². The Morgan fingerprint density at radius 1 is 1.24 bits per heavy atom. The smallest absolute Gasteiger partial charge is 0.241 e. The van der Waals surface area contributed by atoms with Crippen LogP contribution in [0.4, 0.5) is 0 Å². The molecule has 1 aliphatic heterocycles. The van der Waals surface area contributed by atoms with E-state index in [0.717, 1.165) is 25.7 Å². The van der Waals surface area contributed by atoms with Gasteiger partial charge in [-0.25, -0.2) is 13.1 Å². The van der Waals surface area contributed by atoms with Gasteiger partial charge in [0.2, 0.25) is 16.8 Å². The molecule has 6 nitrogen and oxygen atoms in total. The van der Waals surface area contributed by atoms with Crippen molar-refractivity contribution in [3.8, 4) is 11.5 Å². The first-order valence-corrected chi connectivity index (χ1v) is 8.70. The van der Waals surface area contributed by atoms with Crippen LogP contribution >= 0.6 is 0 Å². The Balaban J connectivity index is 1.79. The SMILES string of the molecule is NCC(NS(=O)(=O)c1ccc2c(c1)OCO2)C1CCCC1. The molecule has 0 aromatic heterocycles. The van der Waals surface area contributed by atoms with Crippen molar-refractivity contribution in [1.82, 2.24) is 4.72 Å². The van der Waals surface area contributed by atoms with Crippen molar-refractivity contribution in [3.63, 3.8) is 0 Å². The molecular weight excluding hydrogens is 292 g/mol. The number of benzene rings is 1. The van der Waals surface area contributed by atoms with Crippen LogP contribution in [0.1, 0.15) is 25.7 Å². The second-order valence-corrected chi connectivity index (χ2v) is 7.24. The Kier molecular flexibility index (Phi) is 4.05. The number of ether oxygens (including phenoxy) is 2. The molecule has 3 rings (SSSR count). The van der Waals surface area contributed by atoms with Crippen molar-refractivity contribution in [1.29, 1.82) is 0 Å². The van der Waals surface area contributed by atoms with Gasteiger partial charge in [-0.1, -0.05) is 12.8 Å². The largest absolute Gasteiger partial charge is 0.454 e. The second-order valence-electron chi connectivity index (χ2n) is 5.52. The number of fused-ring (bicyclic) bond motifs is 1. The summed E-state index contributed by atoms with van der Waals surface area (Å²) in [6.07, 6.45) is 4.36. The summed E-state index contributed by atoms with van der Waals surface area (Å²) in [5.41, 5.74) is 5.76. The number of hydrogen-bond acceptors (Lipinski definition) is 5. The van der Waals surface area contributed by atoms with Crippen LogP contribution in [0.5, 0.6) is 11.5 Å². The van der Waals surface area contributed by atoms with E-state index >= 15 is 0 Å². The predicted molar refractivity (Wildman–Crippen MR) is 77.7 cm³/mol. The van der Waals surface area contributed by atoms with Gasteiger partial charge in [-0.15, -0.1) is 0 Å². The van der Waals surface area contributed by atoms with Gasteiger partial charge >= 0.3 is 0 Å². The summed E-state index contributed by atoms with van der Waals surface area (Å²) in [4.78, 5) is 0.184. The topological polar surface area (TPSA) is 90.7 Å². The standard InChI is InChI=1S/C14H20N2O4S/c15-8-12(10-3-1-2-4-10)16-21(17,18)11-5-6-13-14(7-11)20-9-19-13/h5-7,10,12,16H,1-4,8-9,15H2. The average molecular weight is 312 g/mol. The van der Waals surface area contributed by atoms with Gasteiger partial charge in [-0.2, -0.15) is 0 Å². The van der Waals surface area contributed by atoms with Gasteiger partial charge in [0.1, 0.15) is 0 Å². The highest BCUT2D eigenvalue weighted by atomic mass is 32.2. The van der Waals surface area contributed by atoms with Gasteiger partial charge in [0.05, 0.1) is 4.90 Å². The first kappa shape index (κ1) is 14.6. The summed E-state index contributed by atoms with van der Waals surface area (Å²) >= 11 is 0. The van der Waals surface area contributed by atoms with Crippen LogP contribution in [-0.4, -0.2) is 27.8 Å². The zero-order chi connectivity index (χ0) is 14.9. The van der Waals surface area contributed by atoms with E-state index in [0.29, 0.717) is 24.0 Å². The molecule has 0 saturated heterocycles. The zero-order valence-corrected chi connectivity index (χ0v) is 12.6. The van der Waals surface area contributed by atoms with Crippen LogP contribution in [0.2, 0.25) is 0 Å². The van der Waals surface area contributed by atoms with Crippen molar-refractivity contribution in [2.75, 3.05) is 13.3 Å². The molecule has 1 aromatic carbocycles. The van der Waals surface area contributed by atoms with Gasteiger partial charge < -0.3 is 15.2 Å². The Labute approximate surface area is 124 Å². The van der Waals surface area contributed by atoms with E-state index in [2.05, 4.69) is 4.72 Å². The molecule has 1 heterocycles. The van der Waals surface area contributed by atoms with Crippen molar-refractivity contribution in [2.45, 2.75) is 36.6 Å². The molecule has 7 heteroatoms. The van der Waals surface area contributed by atoms with Gasteiger partial charge in [-0.05, 0) is 30.9 Å². The lowest BCUT2D eigenvalue weighted by Gasteiger charge is -2.23. The van der Waals surface area contributed by atoms with Gasteiger partial charge in [-0.3, -0.25) is 0 Å². The predicted octanol–water partition coefficient (Wildman–Crippen LogP) is 1.21. The van der Waals surface area contributed by atoms with Crippen LogP contribution in [0.25, 0.3) is 0 Å². The van der Waals surface area contributed by atoms with E-state index in [4.69, 9.17) is 15.2 Å². The van der Waals surface area contributed by atoms with Gasteiger partial charge in [0.15, 0.2) is 11.5 Å². The van der Waals surface area contributed by atoms with E-state index in [1.54, 1.807) is 6.07 Å². The first-order valence-electron chi connectivity index (χ1n) is 7.22. The third-order valence-electron chi connectivity index (χ3n) is 4.18. The Morgan fingerprint density at radius 3 is 2.67 bits per heavy atom. The molecule has 0 bridgehead atoms. The number of sulfonamides is 1.